The number of ether oxygens (including phenoxy) is 3. The molecule has 0 heterocycles. The van der Waals surface area contributed by atoms with Crippen LogP contribution in [0, 0.1) is 5.92 Å². The van der Waals surface area contributed by atoms with Gasteiger partial charge in [-0.1, -0.05) is 87.5 Å². The molecule has 0 saturated carbocycles. The van der Waals surface area contributed by atoms with E-state index in [0.29, 0.717) is 19.6 Å². The SMILES string of the molecule is C=CC[C@H](OCOCCOC)[C@@H](C=O)CO[Si](c1ccccc1)(c1ccccc1)C(C)(C)C. The average molecular weight is 471 g/mol. The van der Waals surface area contributed by atoms with Gasteiger partial charge in [0, 0.05) is 13.7 Å². The van der Waals surface area contributed by atoms with Crippen LogP contribution in [-0.2, 0) is 23.4 Å². The Morgan fingerprint density at radius 1 is 0.970 bits per heavy atom. The van der Waals surface area contributed by atoms with Crippen molar-refractivity contribution in [3.8, 4) is 0 Å². The lowest BCUT2D eigenvalue weighted by Crippen LogP contribution is -2.67. The van der Waals surface area contributed by atoms with E-state index in [0.717, 1.165) is 6.29 Å². The Morgan fingerprint density at radius 3 is 2.00 bits per heavy atom. The zero-order valence-corrected chi connectivity index (χ0v) is 21.4. The van der Waals surface area contributed by atoms with Crippen molar-refractivity contribution in [1.29, 1.82) is 0 Å². The molecule has 33 heavy (non-hydrogen) atoms. The maximum Gasteiger partial charge on any atom is 0.261 e. The molecule has 0 aliphatic carbocycles. The van der Waals surface area contributed by atoms with Crippen LogP contribution in [0.3, 0.4) is 0 Å². The van der Waals surface area contributed by atoms with Crippen LogP contribution in [0.4, 0.5) is 0 Å². The summed E-state index contributed by atoms with van der Waals surface area (Å²) in [6.45, 7) is 11.8. The van der Waals surface area contributed by atoms with Gasteiger partial charge in [-0.3, -0.25) is 0 Å². The van der Waals surface area contributed by atoms with Crippen LogP contribution in [0.5, 0.6) is 0 Å². The summed E-state index contributed by atoms with van der Waals surface area (Å²) in [5, 5.41) is 2.19. The number of carbonyl (C=O) groups excluding carboxylic acids is 1. The molecule has 2 rings (SSSR count). The summed E-state index contributed by atoms with van der Waals surface area (Å²) in [5.74, 6) is -0.448. The lowest BCUT2D eigenvalue weighted by Gasteiger charge is -2.43. The third kappa shape index (κ3) is 7.19. The Bertz CT molecular complexity index is 780. The monoisotopic (exact) mass is 470 g/mol. The number of methoxy groups -OCH3 is 1. The summed E-state index contributed by atoms with van der Waals surface area (Å²) < 4.78 is 23.3. The van der Waals surface area contributed by atoms with Crippen LogP contribution in [-0.4, -0.2) is 54.4 Å². The molecule has 0 aromatic heterocycles. The highest BCUT2D eigenvalue weighted by Gasteiger charge is 2.50. The number of benzene rings is 2. The minimum atomic E-state index is -2.73. The first-order chi connectivity index (χ1) is 15.9. The molecule has 5 nitrogen and oxygen atoms in total. The molecule has 0 bridgehead atoms. The van der Waals surface area contributed by atoms with E-state index in [2.05, 4.69) is 51.6 Å². The molecule has 0 unspecified atom stereocenters. The van der Waals surface area contributed by atoms with E-state index in [1.165, 1.54) is 10.4 Å². The minimum absolute atomic E-state index is 0.0887. The lowest BCUT2D eigenvalue weighted by molar-refractivity contribution is -0.132. The summed E-state index contributed by atoms with van der Waals surface area (Å²) >= 11 is 0. The molecule has 0 aliphatic heterocycles. The second kappa shape index (κ2) is 13.6. The number of hydrogen-bond acceptors (Lipinski definition) is 5. The van der Waals surface area contributed by atoms with Crippen molar-refractivity contribution >= 4 is 25.0 Å². The molecule has 0 amide bonds. The van der Waals surface area contributed by atoms with E-state index < -0.39 is 14.2 Å². The lowest BCUT2D eigenvalue weighted by atomic mass is 10.0. The summed E-state index contributed by atoms with van der Waals surface area (Å²) in [6.07, 6.45) is 2.85. The van der Waals surface area contributed by atoms with Gasteiger partial charge >= 0.3 is 0 Å². The highest BCUT2D eigenvalue weighted by Crippen LogP contribution is 2.37. The van der Waals surface area contributed by atoms with E-state index in [-0.39, 0.29) is 24.5 Å². The van der Waals surface area contributed by atoms with Gasteiger partial charge in [-0.15, -0.1) is 6.58 Å². The van der Waals surface area contributed by atoms with Crippen LogP contribution < -0.4 is 10.4 Å². The van der Waals surface area contributed by atoms with E-state index in [4.69, 9.17) is 18.6 Å². The van der Waals surface area contributed by atoms with Gasteiger partial charge in [-0.2, -0.15) is 0 Å². The second-order valence-corrected chi connectivity index (χ2v) is 13.3. The molecule has 0 N–H and O–H groups in total. The Balaban J connectivity index is 2.33. The molecule has 2 aromatic rings. The molecule has 2 atom stereocenters. The van der Waals surface area contributed by atoms with Crippen molar-refractivity contribution in [3.63, 3.8) is 0 Å². The Labute approximate surface area is 199 Å². The zero-order chi connectivity index (χ0) is 24.2. The van der Waals surface area contributed by atoms with Crippen molar-refractivity contribution in [2.24, 2.45) is 5.92 Å². The van der Waals surface area contributed by atoms with Crippen molar-refractivity contribution in [1.82, 2.24) is 0 Å². The highest BCUT2D eigenvalue weighted by molar-refractivity contribution is 6.99. The molecule has 6 heteroatoms. The number of carbonyl (C=O) groups is 1. The zero-order valence-electron chi connectivity index (χ0n) is 20.4. The predicted molar refractivity (Wildman–Crippen MR) is 136 cm³/mol. The van der Waals surface area contributed by atoms with Crippen LogP contribution >= 0.6 is 0 Å². The number of hydrogen-bond donors (Lipinski definition) is 0. The van der Waals surface area contributed by atoms with Gasteiger partial charge in [-0.25, -0.2) is 0 Å². The molecular formula is C27H38O5Si. The Hall–Kier alpha value is -2.09. The second-order valence-electron chi connectivity index (χ2n) is 9.02. The highest BCUT2D eigenvalue weighted by atomic mass is 28.4. The topological polar surface area (TPSA) is 54.0 Å². The minimum Gasteiger partial charge on any atom is -0.407 e. The van der Waals surface area contributed by atoms with Gasteiger partial charge in [0.15, 0.2) is 0 Å². The van der Waals surface area contributed by atoms with Gasteiger partial charge in [0.05, 0.1) is 25.2 Å². The molecule has 0 saturated heterocycles. The van der Waals surface area contributed by atoms with Crippen molar-refractivity contribution < 1.29 is 23.4 Å². The third-order valence-corrected chi connectivity index (χ3v) is 10.8. The van der Waals surface area contributed by atoms with Crippen LogP contribution in [0.1, 0.15) is 27.2 Å². The molecule has 0 radical (unpaired) electrons. The van der Waals surface area contributed by atoms with Gasteiger partial charge in [-0.05, 0) is 21.8 Å². The first kappa shape index (κ1) is 27.2. The normalized spacial score (nSPS) is 13.9. The van der Waals surface area contributed by atoms with Crippen LogP contribution in [0.2, 0.25) is 5.04 Å². The van der Waals surface area contributed by atoms with Crippen molar-refractivity contribution in [2.45, 2.75) is 38.3 Å². The molecule has 180 valence electrons. The Morgan fingerprint density at radius 2 is 1.55 bits per heavy atom. The summed E-state index contributed by atoms with van der Waals surface area (Å²) in [6, 6.07) is 20.8. The van der Waals surface area contributed by atoms with Gasteiger partial charge in [0.2, 0.25) is 0 Å². The quantitative estimate of drug-likeness (QED) is 0.130. The predicted octanol–water partition coefficient (Wildman–Crippen LogP) is 3.96. The maximum atomic E-state index is 12.2. The molecule has 2 aromatic carbocycles. The van der Waals surface area contributed by atoms with Crippen molar-refractivity contribution in [2.75, 3.05) is 33.7 Å². The average Bonchev–Trinajstić information content (AvgIpc) is 2.82. The first-order valence-electron chi connectivity index (χ1n) is 11.4. The maximum absolute atomic E-state index is 12.2. The summed E-state index contributed by atoms with van der Waals surface area (Å²) in [5.41, 5.74) is 0. The molecule has 0 aliphatic rings. The van der Waals surface area contributed by atoms with E-state index >= 15 is 0 Å². The fraction of sp³-hybridized carbons (Fsp3) is 0.444. The fourth-order valence-corrected chi connectivity index (χ4v) is 8.68. The number of aldehydes is 1. The van der Waals surface area contributed by atoms with Gasteiger partial charge in [0.1, 0.15) is 13.1 Å². The smallest absolute Gasteiger partial charge is 0.261 e. The fourth-order valence-electron chi connectivity index (χ4n) is 4.08. The molecule has 0 fully saturated rings. The third-order valence-electron chi connectivity index (χ3n) is 5.76. The van der Waals surface area contributed by atoms with Crippen molar-refractivity contribution in [3.05, 3.63) is 73.3 Å². The molecular weight excluding hydrogens is 432 g/mol. The Kier molecular flexibility index (Phi) is 11.2. The van der Waals surface area contributed by atoms with Crippen LogP contribution in [0.25, 0.3) is 0 Å². The summed E-state index contributed by atoms with van der Waals surface area (Å²) in [4.78, 5) is 12.2. The van der Waals surface area contributed by atoms with E-state index in [1.807, 2.05) is 36.4 Å². The van der Waals surface area contributed by atoms with Crippen LogP contribution in [0.15, 0.2) is 73.3 Å². The first-order valence-corrected chi connectivity index (χ1v) is 13.3. The van der Waals surface area contributed by atoms with Gasteiger partial charge < -0.3 is 23.4 Å². The largest absolute Gasteiger partial charge is 0.407 e. The number of rotatable bonds is 15. The molecule has 0 spiro atoms. The summed E-state index contributed by atoms with van der Waals surface area (Å²) in [7, 11) is -1.11. The van der Waals surface area contributed by atoms with Gasteiger partial charge in [0.25, 0.3) is 8.32 Å². The van der Waals surface area contributed by atoms with E-state index in [9.17, 15) is 4.79 Å². The standard InChI is InChI=1S/C27H38O5Si/c1-6-13-26(31-22-30-19-18-29-5)23(20-28)21-32-33(27(2,3)4,24-14-9-7-10-15-24)25-16-11-8-12-17-25/h6-12,14-17,20,23,26H,1,13,18-19,21-22H2,2-5H3/t23-,26-/m0/s1. The van der Waals surface area contributed by atoms with E-state index in [1.54, 1.807) is 13.2 Å².